The number of hydrogen-bond donors (Lipinski definition) is 1. The monoisotopic (exact) mass is 203 g/mol. The van der Waals surface area contributed by atoms with Gasteiger partial charge in [0.15, 0.2) is 0 Å². The second-order valence-electron chi connectivity index (χ2n) is 3.28. The number of carboxylic acid groups (broad SMARTS) is 1. The lowest BCUT2D eigenvalue weighted by molar-refractivity contribution is -0.137. The van der Waals surface area contributed by atoms with Gasteiger partial charge < -0.3 is 14.7 Å². The van der Waals surface area contributed by atoms with Crippen molar-refractivity contribution in [1.29, 1.82) is 0 Å². The smallest absolute Gasteiger partial charge is 0.304 e. The zero-order valence-corrected chi connectivity index (χ0v) is 9.16. The maximum absolute atomic E-state index is 10.3. The highest BCUT2D eigenvalue weighted by Gasteiger charge is 2.04. The molecule has 84 valence electrons. The number of rotatable bonds is 9. The number of ether oxygens (including phenoxy) is 1. The zero-order chi connectivity index (χ0) is 10.8. The van der Waals surface area contributed by atoms with E-state index in [1.165, 1.54) is 0 Å². The Morgan fingerprint density at radius 1 is 1.36 bits per heavy atom. The van der Waals surface area contributed by atoms with Crippen LogP contribution in [-0.2, 0) is 9.53 Å². The van der Waals surface area contributed by atoms with Crippen molar-refractivity contribution in [3.63, 3.8) is 0 Å². The van der Waals surface area contributed by atoms with Gasteiger partial charge >= 0.3 is 5.97 Å². The van der Waals surface area contributed by atoms with Gasteiger partial charge in [-0.05, 0) is 25.9 Å². The summed E-state index contributed by atoms with van der Waals surface area (Å²) in [5, 5.41) is 8.52. The molecule has 0 rings (SSSR count). The highest BCUT2D eigenvalue weighted by molar-refractivity contribution is 5.66. The minimum Gasteiger partial charge on any atom is -0.481 e. The van der Waals surface area contributed by atoms with E-state index in [1.807, 2.05) is 0 Å². The molecule has 0 fully saturated rings. The number of unbranched alkanes of at least 4 members (excludes halogenated alkanes) is 1. The molecule has 0 radical (unpaired) electrons. The Hall–Kier alpha value is -0.610. The number of nitrogens with zero attached hydrogens (tertiary/aromatic N) is 1. The molecular formula is C10H21NO3. The van der Waals surface area contributed by atoms with Gasteiger partial charge in [0, 0.05) is 20.3 Å². The summed E-state index contributed by atoms with van der Waals surface area (Å²) in [5.41, 5.74) is 0. The summed E-state index contributed by atoms with van der Waals surface area (Å²) in [4.78, 5) is 12.5. The summed E-state index contributed by atoms with van der Waals surface area (Å²) in [5.74, 6) is -0.722. The summed E-state index contributed by atoms with van der Waals surface area (Å²) in [6, 6.07) is 0. The molecule has 0 saturated heterocycles. The highest BCUT2D eigenvalue weighted by Crippen LogP contribution is 1.97. The van der Waals surface area contributed by atoms with Gasteiger partial charge in [-0.25, -0.2) is 0 Å². The van der Waals surface area contributed by atoms with Gasteiger partial charge in [-0.3, -0.25) is 4.79 Å². The van der Waals surface area contributed by atoms with Crippen LogP contribution >= 0.6 is 0 Å². The number of aliphatic carboxylic acids is 1. The third-order valence-corrected chi connectivity index (χ3v) is 2.16. The molecule has 0 bridgehead atoms. The molecule has 0 aromatic rings. The van der Waals surface area contributed by atoms with Gasteiger partial charge in [0.1, 0.15) is 0 Å². The lowest BCUT2D eigenvalue weighted by atomic mass is 10.3. The van der Waals surface area contributed by atoms with Crippen molar-refractivity contribution >= 4 is 5.97 Å². The fourth-order valence-corrected chi connectivity index (χ4v) is 1.26. The van der Waals surface area contributed by atoms with E-state index in [-0.39, 0.29) is 6.42 Å². The largest absolute Gasteiger partial charge is 0.481 e. The van der Waals surface area contributed by atoms with Crippen molar-refractivity contribution in [2.24, 2.45) is 0 Å². The summed E-state index contributed by atoms with van der Waals surface area (Å²) < 4.78 is 4.94. The number of methoxy groups -OCH3 is 1. The van der Waals surface area contributed by atoms with Crippen molar-refractivity contribution in [1.82, 2.24) is 4.90 Å². The van der Waals surface area contributed by atoms with Crippen LogP contribution in [0.15, 0.2) is 0 Å². The molecule has 0 aromatic carbocycles. The molecule has 4 nitrogen and oxygen atoms in total. The predicted molar refractivity (Wildman–Crippen MR) is 55.5 cm³/mol. The van der Waals surface area contributed by atoms with Crippen LogP contribution in [0.5, 0.6) is 0 Å². The van der Waals surface area contributed by atoms with E-state index in [1.54, 1.807) is 7.11 Å². The molecule has 0 saturated carbocycles. The second-order valence-corrected chi connectivity index (χ2v) is 3.28. The first-order valence-corrected chi connectivity index (χ1v) is 5.13. The van der Waals surface area contributed by atoms with Crippen molar-refractivity contribution in [2.75, 3.05) is 33.4 Å². The third kappa shape index (κ3) is 8.01. The molecule has 14 heavy (non-hydrogen) atoms. The summed E-state index contributed by atoms with van der Waals surface area (Å²) in [6.07, 6.45) is 2.35. The van der Waals surface area contributed by atoms with E-state index < -0.39 is 5.97 Å². The first-order valence-electron chi connectivity index (χ1n) is 5.13. The average Bonchev–Trinajstić information content (AvgIpc) is 2.16. The highest BCUT2D eigenvalue weighted by atomic mass is 16.5. The Morgan fingerprint density at radius 2 is 2.07 bits per heavy atom. The topological polar surface area (TPSA) is 49.8 Å². The van der Waals surface area contributed by atoms with Gasteiger partial charge in [-0.2, -0.15) is 0 Å². The number of carbonyl (C=O) groups is 1. The maximum atomic E-state index is 10.3. The van der Waals surface area contributed by atoms with Crippen LogP contribution in [-0.4, -0.2) is 49.3 Å². The van der Waals surface area contributed by atoms with Gasteiger partial charge in [-0.15, -0.1) is 0 Å². The molecule has 0 heterocycles. The van der Waals surface area contributed by atoms with Crippen molar-refractivity contribution < 1.29 is 14.6 Å². The van der Waals surface area contributed by atoms with Gasteiger partial charge in [0.2, 0.25) is 0 Å². The normalized spacial score (nSPS) is 10.8. The Labute approximate surface area is 85.9 Å². The average molecular weight is 203 g/mol. The third-order valence-electron chi connectivity index (χ3n) is 2.16. The fourth-order valence-electron chi connectivity index (χ4n) is 1.26. The summed E-state index contributed by atoms with van der Waals surface area (Å²) in [7, 11) is 1.70. The van der Waals surface area contributed by atoms with E-state index in [2.05, 4.69) is 11.8 Å². The molecule has 0 aliphatic carbocycles. The van der Waals surface area contributed by atoms with E-state index in [4.69, 9.17) is 9.84 Å². The SMILES string of the molecule is CCN(CCCCOC)CCC(=O)O. The standard InChI is InChI=1S/C10H21NO3/c1-3-11(8-6-10(12)13)7-4-5-9-14-2/h3-9H2,1-2H3,(H,12,13). The quantitative estimate of drug-likeness (QED) is 0.572. The van der Waals surface area contributed by atoms with Crippen LogP contribution in [0.1, 0.15) is 26.2 Å². The predicted octanol–water partition coefficient (Wildman–Crippen LogP) is 1.21. The molecule has 0 aromatic heterocycles. The fraction of sp³-hybridized carbons (Fsp3) is 0.900. The molecule has 0 atom stereocenters. The van der Waals surface area contributed by atoms with Crippen LogP contribution in [0.2, 0.25) is 0 Å². The summed E-state index contributed by atoms with van der Waals surface area (Å²) >= 11 is 0. The molecule has 0 amide bonds. The van der Waals surface area contributed by atoms with Gasteiger partial charge in [0.25, 0.3) is 0 Å². The lowest BCUT2D eigenvalue weighted by Crippen LogP contribution is -2.27. The molecular weight excluding hydrogens is 182 g/mol. The van der Waals surface area contributed by atoms with Crippen molar-refractivity contribution in [3.05, 3.63) is 0 Å². The number of hydrogen-bond acceptors (Lipinski definition) is 3. The molecule has 1 N–H and O–H groups in total. The van der Waals surface area contributed by atoms with Crippen molar-refractivity contribution in [2.45, 2.75) is 26.2 Å². The minimum atomic E-state index is -0.722. The molecule has 0 aliphatic rings. The molecule has 4 heteroatoms. The Kier molecular flexibility index (Phi) is 8.57. The van der Waals surface area contributed by atoms with E-state index in [9.17, 15) is 4.79 Å². The van der Waals surface area contributed by atoms with E-state index in [0.717, 1.165) is 32.5 Å². The van der Waals surface area contributed by atoms with E-state index in [0.29, 0.717) is 6.54 Å². The molecule has 0 unspecified atom stereocenters. The number of carboxylic acids is 1. The van der Waals surface area contributed by atoms with Gasteiger partial charge in [-0.1, -0.05) is 6.92 Å². The van der Waals surface area contributed by atoms with Crippen LogP contribution < -0.4 is 0 Å². The maximum Gasteiger partial charge on any atom is 0.304 e. The van der Waals surface area contributed by atoms with Crippen LogP contribution in [0.3, 0.4) is 0 Å². The molecule has 0 aliphatic heterocycles. The lowest BCUT2D eigenvalue weighted by Gasteiger charge is -2.18. The summed E-state index contributed by atoms with van der Waals surface area (Å²) in [6.45, 7) is 5.38. The first kappa shape index (κ1) is 13.4. The minimum absolute atomic E-state index is 0.234. The zero-order valence-electron chi connectivity index (χ0n) is 9.16. The van der Waals surface area contributed by atoms with Crippen LogP contribution in [0.4, 0.5) is 0 Å². The Bertz CT molecular complexity index is 150. The molecule has 0 spiro atoms. The van der Waals surface area contributed by atoms with E-state index >= 15 is 0 Å². The first-order chi connectivity index (χ1) is 6.70. The van der Waals surface area contributed by atoms with Crippen LogP contribution in [0.25, 0.3) is 0 Å². The van der Waals surface area contributed by atoms with Crippen molar-refractivity contribution in [3.8, 4) is 0 Å². The van der Waals surface area contributed by atoms with Crippen LogP contribution in [0, 0.1) is 0 Å². The Morgan fingerprint density at radius 3 is 2.57 bits per heavy atom. The second kappa shape index (κ2) is 8.97. The van der Waals surface area contributed by atoms with Gasteiger partial charge in [0.05, 0.1) is 6.42 Å². The Balaban J connectivity index is 3.42.